The summed E-state index contributed by atoms with van der Waals surface area (Å²) < 4.78 is 5.32. The van der Waals surface area contributed by atoms with Crippen LogP contribution in [0.5, 0.6) is 0 Å². The van der Waals surface area contributed by atoms with E-state index in [0.717, 1.165) is 37.7 Å². The highest BCUT2D eigenvalue weighted by Gasteiger charge is 2.27. The van der Waals surface area contributed by atoms with Crippen molar-refractivity contribution in [2.45, 2.75) is 25.9 Å². The van der Waals surface area contributed by atoms with Crippen LogP contribution in [0.4, 0.5) is 0 Å². The molecule has 0 aliphatic carbocycles. The van der Waals surface area contributed by atoms with E-state index in [2.05, 4.69) is 21.8 Å². The first-order chi connectivity index (χ1) is 10.2. The predicted octanol–water partition coefficient (Wildman–Crippen LogP) is 1.66. The van der Waals surface area contributed by atoms with Crippen molar-refractivity contribution in [1.82, 2.24) is 10.2 Å². The van der Waals surface area contributed by atoms with Crippen molar-refractivity contribution < 1.29 is 9.52 Å². The monoisotopic (exact) mass is 291 g/mol. The number of rotatable bonds is 6. The van der Waals surface area contributed by atoms with Crippen LogP contribution < -0.4 is 5.32 Å². The first-order valence-corrected chi connectivity index (χ1v) is 7.55. The average Bonchev–Trinajstić information content (AvgIpc) is 3.13. The Morgan fingerprint density at radius 1 is 1.71 bits per heavy atom. The Labute approximate surface area is 126 Å². The lowest BCUT2D eigenvalue weighted by atomic mass is 10.0. The molecule has 1 saturated heterocycles. The number of nitrogens with one attached hydrogen (secondary N) is 1. The molecule has 5 nitrogen and oxygen atoms in total. The molecule has 0 aromatic carbocycles. The molecule has 2 atom stereocenters. The Kier molecular flexibility index (Phi) is 5.87. The fourth-order valence-electron chi connectivity index (χ4n) is 2.53. The van der Waals surface area contributed by atoms with Crippen LogP contribution in [-0.2, 0) is 6.42 Å². The number of aliphatic imine (C=N–C) groups is 1. The van der Waals surface area contributed by atoms with E-state index >= 15 is 0 Å². The second kappa shape index (κ2) is 7.88. The average molecular weight is 291 g/mol. The van der Waals surface area contributed by atoms with Gasteiger partial charge in [-0.05, 0) is 25.5 Å². The summed E-state index contributed by atoms with van der Waals surface area (Å²) in [5, 5.41) is 13.0. The second-order valence-corrected chi connectivity index (χ2v) is 5.44. The minimum absolute atomic E-state index is 0.265. The lowest BCUT2D eigenvalue weighted by molar-refractivity contribution is 0.132. The molecule has 116 valence electrons. The van der Waals surface area contributed by atoms with E-state index in [9.17, 15) is 5.11 Å². The van der Waals surface area contributed by atoms with Gasteiger partial charge in [0, 0.05) is 38.5 Å². The van der Waals surface area contributed by atoms with Gasteiger partial charge in [0.05, 0.1) is 12.4 Å². The summed E-state index contributed by atoms with van der Waals surface area (Å²) in [4.78, 5) is 6.87. The van der Waals surface area contributed by atoms with Crippen LogP contribution in [0.15, 0.2) is 40.5 Å². The Bertz CT molecular complexity index is 454. The van der Waals surface area contributed by atoms with Crippen molar-refractivity contribution >= 4 is 5.96 Å². The molecule has 2 unspecified atom stereocenters. The maximum Gasteiger partial charge on any atom is 0.194 e. The summed E-state index contributed by atoms with van der Waals surface area (Å²) in [6.45, 7) is 8.74. The van der Waals surface area contributed by atoms with Gasteiger partial charge in [-0.1, -0.05) is 6.08 Å². The zero-order chi connectivity index (χ0) is 15.1. The Balaban J connectivity index is 1.92. The number of furan rings is 1. The Hall–Kier alpha value is -1.75. The number of aliphatic hydroxyl groups excluding tert-OH is 1. The van der Waals surface area contributed by atoms with Gasteiger partial charge in [0.15, 0.2) is 5.96 Å². The highest BCUT2D eigenvalue weighted by molar-refractivity contribution is 5.80. The van der Waals surface area contributed by atoms with E-state index in [4.69, 9.17) is 4.42 Å². The Morgan fingerprint density at radius 2 is 2.57 bits per heavy atom. The van der Waals surface area contributed by atoms with E-state index in [0.29, 0.717) is 19.0 Å². The third-order valence-electron chi connectivity index (χ3n) is 3.81. The van der Waals surface area contributed by atoms with Crippen LogP contribution in [0.25, 0.3) is 0 Å². The third-order valence-corrected chi connectivity index (χ3v) is 3.81. The highest BCUT2D eigenvalue weighted by Crippen LogP contribution is 2.19. The molecule has 0 bridgehead atoms. The van der Waals surface area contributed by atoms with Crippen molar-refractivity contribution in [3.63, 3.8) is 0 Å². The smallest absolute Gasteiger partial charge is 0.194 e. The summed E-state index contributed by atoms with van der Waals surface area (Å²) in [5.74, 6) is 2.17. The molecule has 0 saturated carbocycles. The lowest BCUT2D eigenvalue weighted by Gasteiger charge is -2.22. The molecule has 0 amide bonds. The van der Waals surface area contributed by atoms with Crippen LogP contribution in [-0.4, -0.2) is 48.2 Å². The van der Waals surface area contributed by atoms with Crippen LogP contribution in [0.2, 0.25) is 0 Å². The van der Waals surface area contributed by atoms with Gasteiger partial charge in [-0.3, -0.25) is 4.99 Å². The molecule has 1 fully saturated rings. The van der Waals surface area contributed by atoms with Crippen LogP contribution in [0.3, 0.4) is 0 Å². The van der Waals surface area contributed by atoms with Gasteiger partial charge in [0.25, 0.3) is 0 Å². The Morgan fingerprint density at radius 3 is 3.19 bits per heavy atom. The molecule has 0 spiro atoms. The third kappa shape index (κ3) is 4.63. The minimum Gasteiger partial charge on any atom is -0.469 e. The number of hydrogen-bond acceptors (Lipinski definition) is 3. The number of guanidine groups is 1. The normalized spacial score (nSPS) is 20.6. The van der Waals surface area contributed by atoms with Crippen molar-refractivity contribution in [1.29, 1.82) is 0 Å². The minimum atomic E-state index is -0.265. The molecule has 1 aliphatic rings. The maximum atomic E-state index is 9.71. The molecule has 0 radical (unpaired) electrons. The van der Waals surface area contributed by atoms with Gasteiger partial charge < -0.3 is 19.7 Å². The molecule has 5 heteroatoms. The number of nitrogens with zero attached hydrogens (tertiary/aromatic N) is 2. The molecular formula is C16H25N3O2. The quantitative estimate of drug-likeness (QED) is 0.475. The predicted molar refractivity (Wildman–Crippen MR) is 84.3 cm³/mol. The van der Waals surface area contributed by atoms with Crippen LogP contribution in [0, 0.1) is 5.92 Å². The fraction of sp³-hybridized carbons (Fsp3) is 0.562. The molecular weight excluding hydrogens is 266 g/mol. The maximum absolute atomic E-state index is 9.71. The number of hydrogen-bond donors (Lipinski definition) is 2. The van der Waals surface area contributed by atoms with E-state index in [1.807, 2.05) is 25.1 Å². The van der Waals surface area contributed by atoms with E-state index in [1.165, 1.54) is 0 Å². The van der Waals surface area contributed by atoms with E-state index in [-0.39, 0.29) is 6.10 Å². The van der Waals surface area contributed by atoms with Gasteiger partial charge in [-0.25, -0.2) is 0 Å². The zero-order valence-corrected chi connectivity index (χ0v) is 12.7. The molecule has 1 aromatic heterocycles. The molecule has 1 aliphatic heterocycles. The van der Waals surface area contributed by atoms with E-state index in [1.54, 1.807) is 6.26 Å². The molecule has 2 N–H and O–H groups in total. The number of likely N-dealkylation sites (tertiary alicyclic amines) is 1. The molecule has 2 rings (SSSR count). The zero-order valence-electron chi connectivity index (χ0n) is 12.7. The summed E-state index contributed by atoms with van der Waals surface area (Å²) >= 11 is 0. The standard InChI is InChI=1S/C16H25N3O2/c1-3-8-17-16(18-9-6-15-5-4-11-21-15)19-10-7-14(12-19)13(2)20/h3-5,11,13-14,20H,1,6-10,12H2,2H3,(H,17,18). The van der Waals surface area contributed by atoms with Gasteiger partial charge in [0.1, 0.15) is 5.76 Å². The fourth-order valence-corrected chi connectivity index (χ4v) is 2.53. The van der Waals surface area contributed by atoms with Crippen molar-refractivity contribution in [2.24, 2.45) is 10.9 Å². The van der Waals surface area contributed by atoms with E-state index < -0.39 is 0 Å². The van der Waals surface area contributed by atoms with Crippen molar-refractivity contribution in [3.05, 3.63) is 36.8 Å². The topological polar surface area (TPSA) is 61.0 Å². The van der Waals surface area contributed by atoms with Crippen molar-refractivity contribution in [2.75, 3.05) is 26.2 Å². The molecule has 21 heavy (non-hydrogen) atoms. The SMILES string of the molecule is C=CCNC(=NCCc1ccco1)N1CCC(C(C)O)C1. The summed E-state index contributed by atoms with van der Waals surface area (Å²) in [7, 11) is 0. The van der Waals surface area contributed by atoms with Gasteiger partial charge in [-0.2, -0.15) is 0 Å². The largest absolute Gasteiger partial charge is 0.469 e. The summed E-state index contributed by atoms with van der Waals surface area (Å²) in [6.07, 6.45) is 5.04. The van der Waals surface area contributed by atoms with Gasteiger partial charge >= 0.3 is 0 Å². The molecule has 1 aromatic rings. The first-order valence-electron chi connectivity index (χ1n) is 7.55. The van der Waals surface area contributed by atoms with Gasteiger partial charge in [-0.15, -0.1) is 6.58 Å². The second-order valence-electron chi connectivity index (χ2n) is 5.44. The summed E-state index contributed by atoms with van der Waals surface area (Å²) in [5.41, 5.74) is 0. The van der Waals surface area contributed by atoms with Crippen LogP contribution >= 0.6 is 0 Å². The first kappa shape index (κ1) is 15.6. The number of aliphatic hydroxyl groups is 1. The summed E-state index contributed by atoms with van der Waals surface area (Å²) in [6, 6.07) is 3.86. The van der Waals surface area contributed by atoms with Gasteiger partial charge in [0.2, 0.25) is 0 Å². The highest BCUT2D eigenvalue weighted by atomic mass is 16.3. The molecule has 2 heterocycles. The van der Waals surface area contributed by atoms with Crippen LogP contribution in [0.1, 0.15) is 19.1 Å². The lowest BCUT2D eigenvalue weighted by Crippen LogP contribution is -2.41. The van der Waals surface area contributed by atoms with Crippen molar-refractivity contribution in [3.8, 4) is 0 Å².